The van der Waals surface area contributed by atoms with E-state index in [1.807, 2.05) is 43.3 Å². The summed E-state index contributed by atoms with van der Waals surface area (Å²) in [6.07, 6.45) is 1.71. The van der Waals surface area contributed by atoms with Gasteiger partial charge in [-0.1, -0.05) is 23.5 Å². The maximum absolute atomic E-state index is 11.6. The van der Waals surface area contributed by atoms with Crippen molar-refractivity contribution in [3.05, 3.63) is 34.8 Å². The molecule has 0 saturated carbocycles. The van der Waals surface area contributed by atoms with E-state index in [9.17, 15) is 4.79 Å². The third-order valence-electron chi connectivity index (χ3n) is 2.61. The van der Waals surface area contributed by atoms with Gasteiger partial charge in [-0.2, -0.15) is 5.10 Å². The number of amides is 1. The number of aromatic nitrogens is 2. The second-order valence-corrected chi connectivity index (χ2v) is 5.58. The Bertz CT molecular complexity index is 634. The zero-order valence-corrected chi connectivity index (χ0v) is 12.6. The molecule has 1 aromatic carbocycles. The molecule has 0 unspecified atom stereocenters. The van der Waals surface area contributed by atoms with Crippen LogP contribution in [0.25, 0.3) is 0 Å². The number of rotatable bonds is 5. The van der Waals surface area contributed by atoms with Crippen molar-refractivity contribution in [1.82, 2.24) is 15.6 Å². The molecule has 2 rings (SSSR count). The zero-order valence-electron chi connectivity index (χ0n) is 11.8. The van der Waals surface area contributed by atoms with E-state index in [1.165, 1.54) is 11.3 Å². The zero-order chi connectivity index (χ0) is 15.2. The van der Waals surface area contributed by atoms with Crippen molar-refractivity contribution in [3.63, 3.8) is 0 Å². The molecule has 0 fully saturated rings. The van der Waals surface area contributed by atoms with Crippen LogP contribution in [0.4, 0.5) is 10.8 Å². The molecule has 0 saturated heterocycles. The minimum Gasteiger partial charge on any atom is -0.378 e. The Morgan fingerprint density at radius 2 is 2.10 bits per heavy atom. The summed E-state index contributed by atoms with van der Waals surface area (Å²) in [6, 6.07) is 7.81. The Labute approximate surface area is 126 Å². The second-order valence-electron chi connectivity index (χ2n) is 4.49. The number of hydrogen-bond donors (Lipinski definition) is 2. The number of nitrogens with zero attached hydrogens (tertiary/aromatic N) is 4. The van der Waals surface area contributed by atoms with E-state index in [2.05, 4.69) is 20.7 Å². The second kappa shape index (κ2) is 6.80. The number of nitrogens with one attached hydrogen (secondary N) is 1. The van der Waals surface area contributed by atoms with Crippen molar-refractivity contribution in [1.29, 1.82) is 0 Å². The van der Waals surface area contributed by atoms with Gasteiger partial charge in [-0.25, -0.2) is 5.43 Å². The number of hydrogen-bond acceptors (Lipinski definition) is 7. The molecule has 110 valence electrons. The van der Waals surface area contributed by atoms with Crippen molar-refractivity contribution < 1.29 is 4.79 Å². The van der Waals surface area contributed by atoms with Gasteiger partial charge in [-0.3, -0.25) is 4.79 Å². The van der Waals surface area contributed by atoms with E-state index in [1.54, 1.807) is 6.21 Å². The van der Waals surface area contributed by atoms with Gasteiger partial charge in [-0.15, -0.1) is 10.2 Å². The van der Waals surface area contributed by atoms with Gasteiger partial charge >= 0.3 is 0 Å². The molecule has 21 heavy (non-hydrogen) atoms. The minimum atomic E-state index is -0.257. The molecule has 0 bridgehead atoms. The molecule has 1 amide bonds. The van der Waals surface area contributed by atoms with E-state index >= 15 is 0 Å². The lowest BCUT2D eigenvalue weighted by Gasteiger charge is -2.11. The first-order valence-electron chi connectivity index (χ1n) is 6.22. The summed E-state index contributed by atoms with van der Waals surface area (Å²) in [7, 11) is 3.95. The fraction of sp³-hybridized carbons (Fsp3) is 0.231. The van der Waals surface area contributed by atoms with E-state index in [0.717, 1.165) is 11.3 Å². The molecule has 0 radical (unpaired) electrons. The molecule has 1 heterocycles. The molecule has 0 aliphatic rings. The maximum Gasteiger partial charge on any atom is 0.247 e. The summed E-state index contributed by atoms with van der Waals surface area (Å²) in [5, 5.41) is 12.2. The van der Waals surface area contributed by atoms with Crippen LogP contribution in [-0.2, 0) is 11.2 Å². The molecular weight excluding hydrogens is 288 g/mol. The molecular formula is C13H16N6OS. The predicted molar refractivity (Wildman–Crippen MR) is 84.5 cm³/mol. The predicted octanol–water partition coefficient (Wildman–Crippen LogP) is 0.879. The first-order valence-corrected chi connectivity index (χ1v) is 7.03. The number of nitrogen functional groups attached to an aromatic ring is 1. The summed E-state index contributed by atoms with van der Waals surface area (Å²) in [5.74, 6) is -0.257. The van der Waals surface area contributed by atoms with Crippen LogP contribution >= 0.6 is 11.3 Å². The van der Waals surface area contributed by atoms with Gasteiger partial charge in [0, 0.05) is 19.8 Å². The van der Waals surface area contributed by atoms with Crippen molar-refractivity contribution in [3.8, 4) is 0 Å². The van der Waals surface area contributed by atoms with Crippen LogP contribution < -0.4 is 16.1 Å². The van der Waals surface area contributed by atoms with Crippen molar-refractivity contribution >= 4 is 34.3 Å². The molecule has 8 heteroatoms. The van der Waals surface area contributed by atoms with E-state index in [0.29, 0.717) is 10.1 Å². The monoisotopic (exact) mass is 304 g/mol. The highest BCUT2D eigenvalue weighted by Gasteiger charge is 2.06. The summed E-state index contributed by atoms with van der Waals surface area (Å²) in [4.78, 5) is 13.6. The first kappa shape index (κ1) is 14.9. The SMILES string of the molecule is CN(C)c1ccc(C=NNC(=O)Cc2nnc(N)s2)cc1. The molecule has 0 atom stereocenters. The van der Waals surface area contributed by atoms with Gasteiger partial charge < -0.3 is 10.6 Å². The molecule has 0 aliphatic carbocycles. The number of carbonyl (C=O) groups is 1. The van der Waals surface area contributed by atoms with Crippen molar-refractivity contribution in [2.24, 2.45) is 5.10 Å². The fourth-order valence-electron chi connectivity index (χ4n) is 1.55. The lowest BCUT2D eigenvalue weighted by molar-refractivity contribution is -0.120. The largest absolute Gasteiger partial charge is 0.378 e. The molecule has 7 nitrogen and oxygen atoms in total. The number of hydrazone groups is 1. The molecule has 2 aromatic rings. The van der Waals surface area contributed by atoms with Crippen LogP contribution in [0.2, 0.25) is 0 Å². The van der Waals surface area contributed by atoms with Gasteiger partial charge in [0.2, 0.25) is 11.0 Å². The molecule has 3 N–H and O–H groups in total. The van der Waals surface area contributed by atoms with E-state index in [-0.39, 0.29) is 12.3 Å². The van der Waals surface area contributed by atoms with Crippen LogP contribution in [0.3, 0.4) is 0 Å². The van der Waals surface area contributed by atoms with Crippen LogP contribution in [0.15, 0.2) is 29.4 Å². The van der Waals surface area contributed by atoms with E-state index in [4.69, 9.17) is 5.73 Å². The Hall–Kier alpha value is -2.48. The highest BCUT2D eigenvalue weighted by molar-refractivity contribution is 7.15. The number of carbonyl (C=O) groups excluding carboxylic acids is 1. The normalized spacial score (nSPS) is 10.8. The number of benzene rings is 1. The Morgan fingerprint density at radius 1 is 1.38 bits per heavy atom. The van der Waals surface area contributed by atoms with Crippen LogP contribution in [-0.4, -0.2) is 36.4 Å². The van der Waals surface area contributed by atoms with Crippen LogP contribution in [0, 0.1) is 0 Å². The Morgan fingerprint density at radius 3 is 2.67 bits per heavy atom. The Balaban J connectivity index is 1.85. The minimum absolute atomic E-state index is 0.117. The van der Waals surface area contributed by atoms with Gasteiger partial charge in [-0.05, 0) is 17.7 Å². The quantitative estimate of drug-likeness (QED) is 0.631. The van der Waals surface area contributed by atoms with Crippen molar-refractivity contribution in [2.45, 2.75) is 6.42 Å². The standard InChI is InChI=1S/C13H16N6OS/c1-19(2)10-5-3-9(4-6-10)8-15-16-11(20)7-12-17-18-13(14)21-12/h3-6,8H,7H2,1-2H3,(H2,14,18)(H,16,20). The summed E-state index contributed by atoms with van der Waals surface area (Å²) in [6.45, 7) is 0. The molecule has 0 aliphatic heterocycles. The molecule has 0 spiro atoms. The topological polar surface area (TPSA) is 96.5 Å². The summed E-state index contributed by atoms with van der Waals surface area (Å²) < 4.78 is 0. The van der Waals surface area contributed by atoms with E-state index < -0.39 is 0 Å². The average Bonchev–Trinajstić information content (AvgIpc) is 2.84. The van der Waals surface area contributed by atoms with Gasteiger partial charge in [0.05, 0.1) is 12.6 Å². The third-order valence-corrected chi connectivity index (χ3v) is 3.36. The fourth-order valence-corrected chi connectivity index (χ4v) is 2.16. The van der Waals surface area contributed by atoms with Gasteiger partial charge in [0.15, 0.2) is 0 Å². The van der Waals surface area contributed by atoms with Crippen molar-refractivity contribution in [2.75, 3.05) is 24.7 Å². The third kappa shape index (κ3) is 4.53. The maximum atomic E-state index is 11.6. The lowest BCUT2D eigenvalue weighted by atomic mass is 10.2. The highest BCUT2D eigenvalue weighted by Crippen LogP contribution is 2.11. The number of nitrogens with two attached hydrogens (primary N) is 1. The van der Waals surface area contributed by atoms with Crippen LogP contribution in [0.1, 0.15) is 10.6 Å². The highest BCUT2D eigenvalue weighted by atomic mass is 32.1. The van der Waals surface area contributed by atoms with Crippen LogP contribution in [0.5, 0.6) is 0 Å². The lowest BCUT2D eigenvalue weighted by Crippen LogP contribution is -2.19. The van der Waals surface area contributed by atoms with Gasteiger partial charge in [0.25, 0.3) is 0 Å². The molecule has 1 aromatic heterocycles. The summed E-state index contributed by atoms with van der Waals surface area (Å²) >= 11 is 1.19. The van der Waals surface area contributed by atoms with Gasteiger partial charge in [0.1, 0.15) is 5.01 Å². The first-order chi connectivity index (χ1) is 10.0. The number of anilines is 2. The summed E-state index contributed by atoms with van der Waals surface area (Å²) in [5.41, 5.74) is 9.89. The average molecular weight is 304 g/mol. The smallest absolute Gasteiger partial charge is 0.247 e. The Kier molecular flexibility index (Phi) is 4.83.